The highest BCUT2D eigenvalue weighted by Crippen LogP contribution is 2.22. The molecule has 2 amide bonds. The summed E-state index contributed by atoms with van der Waals surface area (Å²) in [6.07, 6.45) is 3.06. The smallest absolute Gasteiger partial charge is 0.251 e. The molecule has 4 rings (SSSR count). The zero-order valence-corrected chi connectivity index (χ0v) is 14.7. The third-order valence-corrected chi connectivity index (χ3v) is 4.51. The van der Waals surface area contributed by atoms with Gasteiger partial charge in [0.05, 0.1) is 12.7 Å². The Morgan fingerprint density at radius 3 is 2.78 bits per heavy atom. The lowest BCUT2D eigenvalue weighted by Gasteiger charge is -2.16. The molecule has 0 radical (unpaired) electrons. The molecular formula is C21H19N3O3. The van der Waals surface area contributed by atoms with Crippen LogP contribution in [0.1, 0.15) is 29.1 Å². The minimum atomic E-state index is -0.233. The van der Waals surface area contributed by atoms with Crippen LogP contribution in [0, 0.1) is 0 Å². The van der Waals surface area contributed by atoms with Crippen molar-refractivity contribution in [1.82, 2.24) is 10.3 Å². The van der Waals surface area contributed by atoms with Gasteiger partial charge < -0.3 is 14.6 Å². The van der Waals surface area contributed by atoms with Crippen molar-refractivity contribution in [3.63, 3.8) is 0 Å². The van der Waals surface area contributed by atoms with Gasteiger partial charge in [-0.15, -0.1) is 0 Å². The number of nitrogens with one attached hydrogen (secondary N) is 1. The summed E-state index contributed by atoms with van der Waals surface area (Å²) < 4.78 is 5.70. The van der Waals surface area contributed by atoms with E-state index in [0.29, 0.717) is 30.2 Å². The summed E-state index contributed by atoms with van der Waals surface area (Å²) in [5.41, 5.74) is 2.19. The summed E-state index contributed by atoms with van der Waals surface area (Å²) >= 11 is 0. The number of nitrogens with zero attached hydrogens (tertiary/aromatic N) is 2. The third-order valence-electron chi connectivity index (χ3n) is 4.51. The van der Waals surface area contributed by atoms with Gasteiger partial charge in [-0.25, -0.2) is 4.98 Å². The van der Waals surface area contributed by atoms with Gasteiger partial charge >= 0.3 is 0 Å². The quantitative estimate of drug-likeness (QED) is 0.756. The topological polar surface area (TPSA) is 75.4 Å². The molecule has 6 heteroatoms. The van der Waals surface area contributed by atoms with Crippen LogP contribution in [-0.2, 0) is 11.3 Å². The van der Waals surface area contributed by atoms with Gasteiger partial charge in [-0.05, 0) is 24.6 Å². The van der Waals surface area contributed by atoms with E-state index in [9.17, 15) is 9.59 Å². The SMILES string of the molecule is O=C(NCc1ncc(-c2ccccc2)o1)c1cccc(N2CCCC2=O)c1. The monoisotopic (exact) mass is 361 g/mol. The highest BCUT2D eigenvalue weighted by molar-refractivity contribution is 5.99. The van der Waals surface area contributed by atoms with Crippen molar-refractivity contribution in [2.45, 2.75) is 19.4 Å². The van der Waals surface area contributed by atoms with Crippen molar-refractivity contribution in [3.8, 4) is 11.3 Å². The van der Waals surface area contributed by atoms with E-state index in [0.717, 1.165) is 17.7 Å². The molecule has 1 aromatic heterocycles. The Bertz CT molecular complexity index is 966. The Hall–Kier alpha value is -3.41. The number of benzene rings is 2. The predicted molar refractivity (Wildman–Crippen MR) is 101 cm³/mol. The van der Waals surface area contributed by atoms with E-state index < -0.39 is 0 Å². The van der Waals surface area contributed by atoms with Crippen molar-refractivity contribution in [2.24, 2.45) is 0 Å². The average molecular weight is 361 g/mol. The first-order valence-electron chi connectivity index (χ1n) is 8.89. The molecule has 0 bridgehead atoms. The fourth-order valence-electron chi connectivity index (χ4n) is 3.12. The molecule has 1 aliphatic heterocycles. The van der Waals surface area contributed by atoms with Crippen LogP contribution in [0.3, 0.4) is 0 Å². The molecule has 2 aromatic carbocycles. The van der Waals surface area contributed by atoms with Crippen molar-refractivity contribution in [1.29, 1.82) is 0 Å². The van der Waals surface area contributed by atoms with Crippen LogP contribution in [0.15, 0.2) is 65.2 Å². The van der Waals surface area contributed by atoms with E-state index in [1.165, 1.54) is 0 Å². The third kappa shape index (κ3) is 3.74. The number of anilines is 1. The molecular weight excluding hydrogens is 342 g/mol. The van der Waals surface area contributed by atoms with Crippen molar-refractivity contribution >= 4 is 17.5 Å². The molecule has 2 heterocycles. The summed E-state index contributed by atoms with van der Waals surface area (Å²) in [4.78, 5) is 30.3. The molecule has 3 aromatic rings. The van der Waals surface area contributed by atoms with Crippen LogP contribution < -0.4 is 10.2 Å². The van der Waals surface area contributed by atoms with Gasteiger partial charge in [-0.1, -0.05) is 36.4 Å². The second-order valence-electron chi connectivity index (χ2n) is 6.37. The number of hydrogen-bond acceptors (Lipinski definition) is 4. The van der Waals surface area contributed by atoms with E-state index in [1.54, 1.807) is 29.3 Å². The molecule has 0 saturated carbocycles. The average Bonchev–Trinajstić information content (AvgIpc) is 3.36. The van der Waals surface area contributed by atoms with Crippen molar-refractivity contribution in [2.75, 3.05) is 11.4 Å². The number of rotatable bonds is 5. The summed E-state index contributed by atoms with van der Waals surface area (Å²) in [5.74, 6) is 0.964. The largest absolute Gasteiger partial charge is 0.439 e. The minimum Gasteiger partial charge on any atom is -0.439 e. The van der Waals surface area contributed by atoms with Gasteiger partial charge in [0.1, 0.15) is 0 Å². The van der Waals surface area contributed by atoms with Gasteiger partial charge in [-0.2, -0.15) is 0 Å². The molecule has 0 unspecified atom stereocenters. The molecule has 1 saturated heterocycles. The van der Waals surface area contributed by atoms with Crippen LogP contribution in [0.25, 0.3) is 11.3 Å². The zero-order chi connectivity index (χ0) is 18.6. The second-order valence-corrected chi connectivity index (χ2v) is 6.37. The van der Waals surface area contributed by atoms with Gasteiger partial charge in [-0.3, -0.25) is 9.59 Å². The maximum Gasteiger partial charge on any atom is 0.251 e. The molecule has 1 N–H and O–H groups in total. The number of carbonyl (C=O) groups is 2. The van der Waals surface area contributed by atoms with E-state index in [-0.39, 0.29) is 18.4 Å². The molecule has 6 nitrogen and oxygen atoms in total. The molecule has 1 fully saturated rings. The Balaban J connectivity index is 1.41. The summed E-state index contributed by atoms with van der Waals surface area (Å²) in [6, 6.07) is 16.8. The van der Waals surface area contributed by atoms with Crippen LogP contribution in [0.2, 0.25) is 0 Å². The number of hydrogen-bond donors (Lipinski definition) is 1. The molecule has 0 atom stereocenters. The summed E-state index contributed by atoms with van der Waals surface area (Å²) in [5, 5.41) is 2.81. The zero-order valence-electron chi connectivity index (χ0n) is 14.7. The standard InChI is InChI=1S/C21H19N3O3/c25-20-10-5-11-24(20)17-9-4-8-16(12-17)21(26)23-14-19-22-13-18(27-19)15-6-2-1-3-7-15/h1-4,6-9,12-13H,5,10-11,14H2,(H,23,26). The number of carbonyl (C=O) groups excluding carboxylic acids is 2. The normalized spacial score (nSPS) is 13.8. The second kappa shape index (κ2) is 7.45. The minimum absolute atomic E-state index is 0.0979. The van der Waals surface area contributed by atoms with E-state index >= 15 is 0 Å². The molecule has 1 aliphatic rings. The molecule has 0 spiro atoms. The Morgan fingerprint density at radius 2 is 2.00 bits per heavy atom. The highest BCUT2D eigenvalue weighted by Gasteiger charge is 2.22. The summed E-state index contributed by atoms with van der Waals surface area (Å²) in [6.45, 7) is 0.890. The summed E-state index contributed by atoms with van der Waals surface area (Å²) in [7, 11) is 0. The molecule has 0 aliphatic carbocycles. The van der Waals surface area contributed by atoms with E-state index in [2.05, 4.69) is 10.3 Å². The van der Waals surface area contributed by atoms with Crippen LogP contribution in [-0.4, -0.2) is 23.3 Å². The number of amides is 2. The fourth-order valence-corrected chi connectivity index (χ4v) is 3.12. The Labute approximate surface area is 156 Å². The van der Waals surface area contributed by atoms with Gasteiger partial charge in [0, 0.05) is 29.8 Å². The Morgan fingerprint density at radius 1 is 1.15 bits per heavy atom. The molecule has 136 valence electrons. The van der Waals surface area contributed by atoms with Crippen LogP contribution in [0.4, 0.5) is 5.69 Å². The Kier molecular flexibility index (Phi) is 4.70. The van der Waals surface area contributed by atoms with Crippen molar-refractivity contribution in [3.05, 3.63) is 72.2 Å². The first-order chi connectivity index (χ1) is 13.2. The van der Waals surface area contributed by atoms with E-state index in [1.807, 2.05) is 36.4 Å². The lowest BCUT2D eigenvalue weighted by Crippen LogP contribution is -2.25. The maximum atomic E-state index is 12.5. The maximum absolute atomic E-state index is 12.5. The van der Waals surface area contributed by atoms with Crippen LogP contribution >= 0.6 is 0 Å². The lowest BCUT2D eigenvalue weighted by atomic mass is 10.1. The fraction of sp³-hybridized carbons (Fsp3) is 0.190. The molecule has 27 heavy (non-hydrogen) atoms. The lowest BCUT2D eigenvalue weighted by molar-refractivity contribution is -0.117. The van der Waals surface area contributed by atoms with E-state index in [4.69, 9.17) is 4.42 Å². The highest BCUT2D eigenvalue weighted by atomic mass is 16.4. The van der Waals surface area contributed by atoms with Gasteiger partial charge in [0.2, 0.25) is 11.8 Å². The number of aromatic nitrogens is 1. The first kappa shape index (κ1) is 17.0. The van der Waals surface area contributed by atoms with Gasteiger partial charge in [0.25, 0.3) is 5.91 Å². The predicted octanol–water partition coefficient (Wildman–Crippen LogP) is 3.40. The van der Waals surface area contributed by atoms with Crippen molar-refractivity contribution < 1.29 is 14.0 Å². The first-order valence-corrected chi connectivity index (χ1v) is 8.89. The number of oxazole rings is 1. The van der Waals surface area contributed by atoms with Crippen LogP contribution in [0.5, 0.6) is 0 Å². The van der Waals surface area contributed by atoms with Gasteiger partial charge in [0.15, 0.2) is 5.76 Å².